The minimum atomic E-state index is -0.387. The first-order chi connectivity index (χ1) is 9.59. The molecule has 3 nitrogen and oxygen atoms in total. The van der Waals surface area contributed by atoms with E-state index in [0.29, 0.717) is 5.56 Å². The van der Waals surface area contributed by atoms with E-state index in [4.69, 9.17) is 0 Å². The molecule has 0 aliphatic carbocycles. The number of fused-ring (bicyclic) bond motifs is 1. The van der Waals surface area contributed by atoms with Crippen LogP contribution < -0.4 is 5.56 Å². The molecule has 0 saturated heterocycles. The molecule has 1 N–H and O–H groups in total. The van der Waals surface area contributed by atoms with Crippen LogP contribution in [0.25, 0.3) is 22.0 Å². The molecule has 0 amide bonds. The lowest BCUT2D eigenvalue weighted by atomic mass is 10.00. The van der Waals surface area contributed by atoms with Crippen LogP contribution in [0.3, 0.4) is 0 Å². The van der Waals surface area contributed by atoms with Gasteiger partial charge in [0.25, 0.3) is 5.56 Å². The average Bonchev–Trinajstić information content (AvgIpc) is 2.47. The maximum atomic E-state index is 12.1. The van der Waals surface area contributed by atoms with Crippen molar-refractivity contribution in [1.82, 2.24) is 4.57 Å². The second-order valence-corrected chi connectivity index (χ2v) is 5.53. The SMILES string of the molecule is Cn1c(=O)c(O)c(-c2ccc(Br)cc2)c2ccccc21. The zero-order valence-electron chi connectivity index (χ0n) is 10.8. The van der Waals surface area contributed by atoms with Gasteiger partial charge in [-0.15, -0.1) is 0 Å². The van der Waals surface area contributed by atoms with E-state index in [2.05, 4.69) is 15.9 Å². The van der Waals surface area contributed by atoms with Crippen molar-refractivity contribution in [2.75, 3.05) is 0 Å². The summed E-state index contributed by atoms with van der Waals surface area (Å²) in [4.78, 5) is 12.1. The maximum absolute atomic E-state index is 12.1. The molecule has 1 heterocycles. The Morgan fingerprint density at radius 2 is 1.70 bits per heavy atom. The van der Waals surface area contributed by atoms with Crippen molar-refractivity contribution in [3.63, 3.8) is 0 Å². The summed E-state index contributed by atoms with van der Waals surface area (Å²) in [6.07, 6.45) is 0. The van der Waals surface area contributed by atoms with E-state index >= 15 is 0 Å². The highest BCUT2D eigenvalue weighted by atomic mass is 79.9. The molecule has 0 unspecified atom stereocenters. The third-order valence-corrected chi connectivity index (χ3v) is 3.94. The number of halogens is 1. The van der Waals surface area contributed by atoms with Crippen molar-refractivity contribution < 1.29 is 5.11 Å². The summed E-state index contributed by atoms with van der Waals surface area (Å²) in [5, 5.41) is 11.1. The average molecular weight is 330 g/mol. The van der Waals surface area contributed by atoms with Crippen LogP contribution in [0.5, 0.6) is 5.75 Å². The predicted octanol–water partition coefficient (Wildman–Crippen LogP) is 3.67. The van der Waals surface area contributed by atoms with Crippen LogP contribution in [0.15, 0.2) is 57.8 Å². The topological polar surface area (TPSA) is 42.2 Å². The Morgan fingerprint density at radius 3 is 2.40 bits per heavy atom. The van der Waals surface area contributed by atoms with Crippen molar-refractivity contribution in [2.24, 2.45) is 7.05 Å². The Morgan fingerprint density at radius 1 is 1.05 bits per heavy atom. The van der Waals surface area contributed by atoms with Crippen LogP contribution in [0.2, 0.25) is 0 Å². The molecule has 0 atom stereocenters. The number of aryl methyl sites for hydroxylation is 1. The van der Waals surface area contributed by atoms with Gasteiger partial charge in [0.2, 0.25) is 0 Å². The molecule has 4 heteroatoms. The first-order valence-electron chi connectivity index (χ1n) is 6.16. The lowest BCUT2D eigenvalue weighted by Crippen LogP contribution is -2.17. The van der Waals surface area contributed by atoms with Crippen molar-refractivity contribution in [1.29, 1.82) is 0 Å². The fraction of sp³-hybridized carbons (Fsp3) is 0.0625. The summed E-state index contributed by atoms with van der Waals surface area (Å²) in [6, 6.07) is 15.1. The van der Waals surface area contributed by atoms with Gasteiger partial charge in [0.15, 0.2) is 5.75 Å². The number of rotatable bonds is 1. The van der Waals surface area contributed by atoms with Crippen LogP contribution in [0, 0.1) is 0 Å². The first-order valence-corrected chi connectivity index (χ1v) is 6.95. The van der Waals surface area contributed by atoms with Crippen LogP contribution in [0.4, 0.5) is 0 Å². The minimum absolute atomic E-state index is 0.214. The van der Waals surface area contributed by atoms with Crippen molar-refractivity contribution in [3.05, 3.63) is 63.4 Å². The van der Waals surface area contributed by atoms with Gasteiger partial charge in [0, 0.05) is 22.5 Å². The number of pyridine rings is 1. The summed E-state index contributed by atoms with van der Waals surface area (Å²) in [5.41, 5.74) is 1.81. The number of aromatic nitrogens is 1. The molecule has 2 aromatic carbocycles. The second-order valence-electron chi connectivity index (χ2n) is 4.61. The number of hydrogen-bond acceptors (Lipinski definition) is 2. The normalized spacial score (nSPS) is 10.9. The van der Waals surface area contributed by atoms with E-state index in [9.17, 15) is 9.90 Å². The molecular weight excluding hydrogens is 318 g/mol. The molecule has 0 aliphatic rings. The molecule has 3 aromatic rings. The highest BCUT2D eigenvalue weighted by molar-refractivity contribution is 9.10. The standard InChI is InChI=1S/C16H12BrNO2/c1-18-13-5-3-2-4-12(13)14(15(19)16(18)20)10-6-8-11(17)9-7-10/h2-9,19H,1H3. The van der Waals surface area contributed by atoms with Gasteiger partial charge in [-0.1, -0.05) is 46.3 Å². The first kappa shape index (κ1) is 12.9. The Labute approximate surface area is 124 Å². The van der Waals surface area contributed by atoms with E-state index in [0.717, 1.165) is 20.9 Å². The van der Waals surface area contributed by atoms with E-state index in [1.807, 2.05) is 48.5 Å². The highest BCUT2D eigenvalue weighted by Crippen LogP contribution is 2.34. The Hall–Kier alpha value is -2.07. The van der Waals surface area contributed by atoms with Crippen molar-refractivity contribution >= 4 is 26.8 Å². The third kappa shape index (κ3) is 1.93. The summed E-state index contributed by atoms with van der Waals surface area (Å²) >= 11 is 3.38. The molecular formula is C16H12BrNO2. The van der Waals surface area contributed by atoms with Gasteiger partial charge in [0.1, 0.15) is 0 Å². The van der Waals surface area contributed by atoms with Gasteiger partial charge in [-0.3, -0.25) is 4.79 Å². The molecule has 0 bridgehead atoms. The monoisotopic (exact) mass is 329 g/mol. The molecule has 1 aromatic heterocycles. The summed E-state index contributed by atoms with van der Waals surface area (Å²) < 4.78 is 2.42. The minimum Gasteiger partial charge on any atom is -0.503 e. The van der Waals surface area contributed by atoms with E-state index in [1.54, 1.807) is 7.05 Å². The van der Waals surface area contributed by atoms with Gasteiger partial charge in [-0.25, -0.2) is 0 Å². The van der Waals surface area contributed by atoms with Crippen molar-refractivity contribution in [2.45, 2.75) is 0 Å². The fourth-order valence-electron chi connectivity index (χ4n) is 2.39. The molecule has 20 heavy (non-hydrogen) atoms. The Balaban J connectivity index is 2.46. The Kier molecular flexibility index (Phi) is 3.10. The predicted molar refractivity (Wildman–Crippen MR) is 84.0 cm³/mol. The number of para-hydroxylation sites is 1. The van der Waals surface area contributed by atoms with E-state index in [-0.39, 0.29) is 11.3 Å². The van der Waals surface area contributed by atoms with Crippen LogP contribution in [-0.2, 0) is 7.05 Å². The van der Waals surface area contributed by atoms with Gasteiger partial charge >= 0.3 is 0 Å². The van der Waals surface area contributed by atoms with Gasteiger partial charge in [0.05, 0.1) is 5.52 Å². The van der Waals surface area contributed by atoms with Gasteiger partial charge in [-0.2, -0.15) is 0 Å². The number of aromatic hydroxyl groups is 1. The number of benzene rings is 2. The smallest absolute Gasteiger partial charge is 0.293 e. The Bertz CT molecular complexity index is 851. The zero-order valence-corrected chi connectivity index (χ0v) is 12.4. The molecule has 0 spiro atoms. The van der Waals surface area contributed by atoms with Gasteiger partial charge in [-0.05, 0) is 23.8 Å². The van der Waals surface area contributed by atoms with E-state index in [1.165, 1.54) is 4.57 Å². The number of nitrogens with zero attached hydrogens (tertiary/aromatic N) is 1. The van der Waals surface area contributed by atoms with Crippen molar-refractivity contribution in [3.8, 4) is 16.9 Å². The fourth-order valence-corrected chi connectivity index (χ4v) is 2.65. The third-order valence-electron chi connectivity index (χ3n) is 3.41. The quantitative estimate of drug-likeness (QED) is 0.740. The largest absolute Gasteiger partial charge is 0.503 e. The zero-order chi connectivity index (χ0) is 14.3. The number of hydrogen-bond donors (Lipinski definition) is 1. The van der Waals surface area contributed by atoms with Crippen LogP contribution in [0.1, 0.15) is 0 Å². The summed E-state index contributed by atoms with van der Waals surface area (Å²) in [7, 11) is 1.66. The molecule has 0 radical (unpaired) electrons. The van der Waals surface area contributed by atoms with Crippen LogP contribution in [-0.4, -0.2) is 9.67 Å². The van der Waals surface area contributed by atoms with Gasteiger partial charge < -0.3 is 9.67 Å². The lowest BCUT2D eigenvalue weighted by molar-refractivity contribution is 0.465. The second kappa shape index (κ2) is 4.80. The molecule has 0 aliphatic heterocycles. The molecule has 0 saturated carbocycles. The summed E-state index contributed by atoms with van der Waals surface area (Å²) in [6.45, 7) is 0. The maximum Gasteiger partial charge on any atom is 0.293 e. The molecule has 0 fully saturated rings. The highest BCUT2D eigenvalue weighted by Gasteiger charge is 2.15. The molecule has 100 valence electrons. The van der Waals surface area contributed by atoms with Crippen LogP contribution >= 0.6 is 15.9 Å². The molecule has 3 rings (SSSR count). The lowest BCUT2D eigenvalue weighted by Gasteiger charge is -2.12. The van der Waals surface area contributed by atoms with E-state index < -0.39 is 0 Å². The summed E-state index contributed by atoms with van der Waals surface area (Å²) in [5.74, 6) is -0.214.